The van der Waals surface area contributed by atoms with Crippen molar-refractivity contribution in [3.63, 3.8) is 0 Å². The van der Waals surface area contributed by atoms with Gasteiger partial charge in [-0.3, -0.25) is 0 Å². The fourth-order valence-electron chi connectivity index (χ4n) is 2.18. The van der Waals surface area contributed by atoms with Crippen LogP contribution in [0.25, 0.3) is 23.0 Å². The average molecular weight is 368 g/mol. The number of furan rings is 1. The third-order valence-electron chi connectivity index (χ3n) is 3.30. The molecule has 2 nitrogen and oxygen atoms in total. The first-order chi connectivity index (χ1) is 11.2. The summed E-state index contributed by atoms with van der Waals surface area (Å²) in [6.07, 6.45) is 1.69. The predicted molar refractivity (Wildman–Crippen MR) is 91.7 cm³/mol. The molecule has 0 saturated carbocycles. The molecule has 0 aliphatic carbocycles. The van der Waals surface area contributed by atoms with E-state index < -0.39 is 0 Å². The molecule has 3 rings (SSSR count). The van der Waals surface area contributed by atoms with Crippen LogP contribution in [0.3, 0.4) is 0 Å². The van der Waals surface area contributed by atoms with Crippen molar-refractivity contribution in [3.05, 3.63) is 82.3 Å². The fourth-order valence-corrected chi connectivity index (χ4v) is 2.58. The van der Waals surface area contributed by atoms with Gasteiger partial charge in [0.05, 0.1) is 11.6 Å². The minimum absolute atomic E-state index is 0.290. The highest BCUT2D eigenvalue weighted by Crippen LogP contribution is 2.26. The smallest absolute Gasteiger partial charge is 0.134 e. The largest absolute Gasteiger partial charge is 0.457 e. The maximum atomic E-state index is 13.0. The van der Waals surface area contributed by atoms with Gasteiger partial charge in [0.1, 0.15) is 17.3 Å². The lowest BCUT2D eigenvalue weighted by Gasteiger charge is -1.99. The number of nitrogens with zero attached hydrogens (tertiary/aromatic N) is 1. The zero-order valence-corrected chi connectivity index (χ0v) is 13.5. The van der Waals surface area contributed by atoms with Crippen LogP contribution in [0.1, 0.15) is 11.3 Å². The van der Waals surface area contributed by atoms with E-state index in [1.807, 2.05) is 24.3 Å². The van der Waals surface area contributed by atoms with Gasteiger partial charge in [0, 0.05) is 10.0 Å². The van der Waals surface area contributed by atoms with Crippen LogP contribution in [0.2, 0.25) is 0 Å². The number of halogens is 2. The summed E-state index contributed by atoms with van der Waals surface area (Å²) < 4.78 is 19.6. The Morgan fingerprint density at radius 3 is 2.57 bits per heavy atom. The van der Waals surface area contributed by atoms with E-state index in [-0.39, 0.29) is 5.82 Å². The van der Waals surface area contributed by atoms with Crippen LogP contribution in [0, 0.1) is 17.1 Å². The quantitative estimate of drug-likeness (QED) is 0.539. The van der Waals surface area contributed by atoms with E-state index in [0.29, 0.717) is 17.1 Å². The van der Waals surface area contributed by atoms with E-state index >= 15 is 0 Å². The van der Waals surface area contributed by atoms with E-state index in [2.05, 4.69) is 22.0 Å². The molecule has 0 saturated heterocycles. The molecule has 3 aromatic rings. The molecule has 23 heavy (non-hydrogen) atoms. The van der Waals surface area contributed by atoms with Gasteiger partial charge in [0.15, 0.2) is 0 Å². The van der Waals surface area contributed by atoms with E-state index in [1.54, 1.807) is 30.3 Å². The molecule has 1 heterocycles. The number of rotatable bonds is 3. The second kappa shape index (κ2) is 6.64. The Bertz CT molecular complexity index is 904. The number of nitriles is 1. The van der Waals surface area contributed by atoms with Gasteiger partial charge in [-0.15, -0.1) is 0 Å². The lowest BCUT2D eigenvalue weighted by molar-refractivity contribution is 0.571. The van der Waals surface area contributed by atoms with Gasteiger partial charge in [-0.1, -0.05) is 28.1 Å². The third-order valence-corrected chi connectivity index (χ3v) is 3.79. The van der Waals surface area contributed by atoms with Crippen molar-refractivity contribution >= 4 is 27.6 Å². The molecule has 0 bridgehead atoms. The molecule has 2 aromatic carbocycles. The summed E-state index contributed by atoms with van der Waals surface area (Å²) >= 11 is 3.39. The van der Waals surface area contributed by atoms with E-state index in [0.717, 1.165) is 15.6 Å². The first-order valence-corrected chi connectivity index (χ1v) is 7.68. The minimum Gasteiger partial charge on any atom is -0.457 e. The molecule has 1 aromatic heterocycles. The fraction of sp³-hybridized carbons (Fsp3) is 0. The summed E-state index contributed by atoms with van der Waals surface area (Å²) in [5.74, 6) is 0.908. The van der Waals surface area contributed by atoms with Crippen molar-refractivity contribution in [1.29, 1.82) is 5.26 Å². The summed E-state index contributed by atoms with van der Waals surface area (Å²) in [7, 11) is 0. The van der Waals surface area contributed by atoms with Gasteiger partial charge >= 0.3 is 0 Å². The van der Waals surface area contributed by atoms with Crippen molar-refractivity contribution in [2.75, 3.05) is 0 Å². The van der Waals surface area contributed by atoms with E-state index in [1.165, 1.54) is 12.1 Å². The standard InChI is InChI=1S/C19H11BrFNO/c20-16-3-1-2-14(10-16)15(12-22)11-18-8-9-19(23-18)13-4-6-17(21)7-5-13/h1-11H/b15-11+. The number of benzene rings is 2. The van der Waals surface area contributed by atoms with Crippen LogP contribution in [0.15, 0.2) is 69.6 Å². The Kier molecular flexibility index (Phi) is 4.40. The lowest BCUT2D eigenvalue weighted by Crippen LogP contribution is -1.81. The second-order valence-corrected chi connectivity index (χ2v) is 5.80. The second-order valence-electron chi connectivity index (χ2n) is 4.89. The van der Waals surface area contributed by atoms with Crippen LogP contribution in [0.5, 0.6) is 0 Å². The summed E-state index contributed by atoms with van der Waals surface area (Å²) in [4.78, 5) is 0. The molecule has 0 amide bonds. The maximum absolute atomic E-state index is 13.0. The van der Waals surface area contributed by atoms with Gasteiger partial charge < -0.3 is 4.42 Å². The molecule has 0 spiro atoms. The Morgan fingerprint density at radius 2 is 1.87 bits per heavy atom. The maximum Gasteiger partial charge on any atom is 0.134 e. The molecule has 4 heteroatoms. The monoisotopic (exact) mass is 367 g/mol. The Labute approximate surface area is 141 Å². The Balaban J connectivity index is 1.93. The molecule has 0 radical (unpaired) electrons. The Hall–Kier alpha value is -2.64. The highest BCUT2D eigenvalue weighted by atomic mass is 79.9. The summed E-state index contributed by atoms with van der Waals surface area (Å²) in [5, 5.41) is 9.37. The van der Waals surface area contributed by atoms with Gasteiger partial charge in [0.2, 0.25) is 0 Å². The van der Waals surface area contributed by atoms with Crippen LogP contribution in [0.4, 0.5) is 4.39 Å². The van der Waals surface area contributed by atoms with Gasteiger partial charge in [0.25, 0.3) is 0 Å². The molecule has 0 fully saturated rings. The van der Waals surface area contributed by atoms with Crippen molar-refractivity contribution < 1.29 is 8.81 Å². The van der Waals surface area contributed by atoms with Crippen molar-refractivity contribution in [3.8, 4) is 17.4 Å². The number of hydrogen-bond donors (Lipinski definition) is 0. The van der Waals surface area contributed by atoms with Gasteiger partial charge in [-0.25, -0.2) is 4.39 Å². The molecule has 112 valence electrons. The van der Waals surface area contributed by atoms with Crippen LogP contribution in [-0.4, -0.2) is 0 Å². The molecular weight excluding hydrogens is 357 g/mol. The molecular formula is C19H11BrFNO. The first-order valence-electron chi connectivity index (χ1n) is 6.89. The van der Waals surface area contributed by atoms with E-state index in [9.17, 15) is 9.65 Å². The summed E-state index contributed by atoms with van der Waals surface area (Å²) in [6.45, 7) is 0. The first kappa shape index (κ1) is 15.3. The third kappa shape index (κ3) is 3.58. The molecule has 0 atom stereocenters. The molecule has 0 aliphatic heterocycles. The van der Waals surface area contributed by atoms with Crippen LogP contribution < -0.4 is 0 Å². The number of hydrogen-bond acceptors (Lipinski definition) is 2. The van der Waals surface area contributed by atoms with Crippen LogP contribution >= 0.6 is 15.9 Å². The normalized spacial score (nSPS) is 11.3. The highest BCUT2D eigenvalue weighted by Gasteiger charge is 2.06. The summed E-state index contributed by atoms with van der Waals surface area (Å²) in [6, 6.07) is 19.4. The van der Waals surface area contributed by atoms with Crippen molar-refractivity contribution in [2.45, 2.75) is 0 Å². The molecule has 0 N–H and O–H groups in total. The molecule has 0 aliphatic rings. The lowest BCUT2D eigenvalue weighted by atomic mass is 10.1. The van der Waals surface area contributed by atoms with Gasteiger partial charge in [-0.05, 0) is 60.2 Å². The Morgan fingerprint density at radius 1 is 1.09 bits per heavy atom. The highest BCUT2D eigenvalue weighted by molar-refractivity contribution is 9.10. The van der Waals surface area contributed by atoms with Crippen molar-refractivity contribution in [2.24, 2.45) is 0 Å². The van der Waals surface area contributed by atoms with Gasteiger partial charge in [-0.2, -0.15) is 5.26 Å². The summed E-state index contributed by atoms with van der Waals surface area (Å²) in [5.41, 5.74) is 2.10. The minimum atomic E-state index is -0.290. The predicted octanol–water partition coefficient (Wildman–Crippen LogP) is 5.91. The van der Waals surface area contributed by atoms with E-state index in [4.69, 9.17) is 4.42 Å². The topological polar surface area (TPSA) is 36.9 Å². The average Bonchev–Trinajstić information content (AvgIpc) is 3.02. The van der Waals surface area contributed by atoms with Crippen molar-refractivity contribution in [1.82, 2.24) is 0 Å². The zero-order chi connectivity index (χ0) is 16.2. The SMILES string of the molecule is N#C/C(=C\c1ccc(-c2ccc(F)cc2)o1)c1cccc(Br)c1. The molecule has 0 unspecified atom stereocenters. The number of allylic oxidation sites excluding steroid dienone is 1. The van der Waals surface area contributed by atoms with Crippen LogP contribution in [-0.2, 0) is 0 Å². The zero-order valence-electron chi connectivity index (χ0n) is 12.0.